The van der Waals surface area contributed by atoms with Crippen LogP contribution in [0.1, 0.15) is 27.8 Å². The lowest BCUT2D eigenvalue weighted by atomic mass is 10.1. The van der Waals surface area contributed by atoms with E-state index in [1.165, 1.54) is 13.0 Å². The molecule has 0 aromatic heterocycles. The first-order valence-electron chi connectivity index (χ1n) is 8.73. The summed E-state index contributed by atoms with van der Waals surface area (Å²) in [4.78, 5) is 0. The molecule has 3 rings (SSSR count). The van der Waals surface area contributed by atoms with Crippen LogP contribution in [0, 0.1) is 31.3 Å². The predicted octanol–water partition coefficient (Wildman–Crippen LogP) is 7.02. The molecule has 0 saturated heterocycles. The molecule has 3 aromatic rings. The summed E-state index contributed by atoms with van der Waals surface area (Å²) < 4.78 is 74.7. The zero-order chi connectivity index (χ0) is 21.2. The molecule has 0 N–H and O–H groups in total. The first kappa shape index (κ1) is 20.6. The van der Waals surface area contributed by atoms with Crippen LogP contribution in [-0.4, -0.2) is 0 Å². The molecule has 0 atom stereocenters. The lowest BCUT2D eigenvalue weighted by Crippen LogP contribution is -2.24. The van der Waals surface area contributed by atoms with Crippen LogP contribution in [0.3, 0.4) is 0 Å². The molecule has 0 spiro atoms. The largest absolute Gasteiger partial charge is 0.429 e. The van der Waals surface area contributed by atoms with Crippen LogP contribution in [-0.2, 0) is 6.11 Å². The minimum atomic E-state index is -4.19. The van der Waals surface area contributed by atoms with Gasteiger partial charge in [0, 0.05) is 0 Å². The summed E-state index contributed by atoms with van der Waals surface area (Å²) >= 11 is 0. The first-order chi connectivity index (χ1) is 13.7. The maximum Gasteiger partial charge on any atom is 0.429 e. The number of alkyl halides is 2. The Hall–Kier alpha value is -3.15. The Labute approximate surface area is 165 Å². The molecule has 0 aliphatic rings. The Morgan fingerprint density at radius 2 is 1.38 bits per heavy atom. The fourth-order valence-corrected chi connectivity index (χ4v) is 2.64. The zero-order valence-electron chi connectivity index (χ0n) is 15.6. The van der Waals surface area contributed by atoms with E-state index in [9.17, 15) is 22.0 Å². The van der Waals surface area contributed by atoms with Gasteiger partial charge in [-0.1, -0.05) is 54.1 Å². The third-order valence-corrected chi connectivity index (χ3v) is 4.33. The van der Waals surface area contributed by atoms with Crippen LogP contribution in [0.2, 0.25) is 0 Å². The van der Waals surface area contributed by atoms with E-state index in [4.69, 9.17) is 0 Å². The highest BCUT2D eigenvalue weighted by Crippen LogP contribution is 2.35. The lowest BCUT2D eigenvalue weighted by Gasteiger charge is -2.19. The van der Waals surface area contributed by atoms with E-state index in [0.29, 0.717) is 5.56 Å². The predicted molar refractivity (Wildman–Crippen MR) is 102 cm³/mol. The van der Waals surface area contributed by atoms with Gasteiger partial charge in [-0.05, 0) is 48.7 Å². The van der Waals surface area contributed by atoms with Crippen LogP contribution in [0.25, 0.3) is 12.2 Å². The van der Waals surface area contributed by atoms with E-state index in [0.717, 1.165) is 35.4 Å². The van der Waals surface area contributed by atoms with Crippen LogP contribution < -0.4 is 4.74 Å². The second-order valence-electron chi connectivity index (χ2n) is 6.61. The van der Waals surface area contributed by atoms with Crippen molar-refractivity contribution in [3.05, 3.63) is 99.9 Å². The van der Waals surface area contributed by atoms with Crippen molar-refractivity contribution in [2.24, 2.45) is 0 Å². The molecule has 0 aliphatic heterocycles. The molecule has 0 bridgehead atoms. The summed E-state index contributed by atoms with van der Waals surface area (Å²) in [6.07, 6.45) is -0.898. The van der Waals surface area contributed by atoms with Crippen LogP contribution >= 0.6 is 0 Å². The third-order valence-electron chi connectivity index (χ3n) is 4.33. The molecule has 0 fully saturated rings. The normalized spacial score (nSPS) is 11.8. The van der Waals surface area contributed by atoms with Gasteiger partial charge >= 0.3 is 6.11 Å². The van der Waals surface area contributed by atoms with Crippen molar-refractivity contribution in [3.8, 4) is 5.75 Å². The minimum Gasteiger partial charge on any atom is -0.426 e. The van der Waals surface area contributed by atoms with Gasteiger partial charge in [0.1, 0.15) is 5.82 Å². The number of rotatable bonds is 5. The van der Waals surface area contributed by atoms with E-state index in [1.807, 2.05) is 31.2 Å². The molecule has 0 radical (unpaired) electrons. The van der Waals surface area contributed by atoms with Gasteiger partial charge in [-0.2, -0.15) is 13.2 Å². The van der Waals surface area contributed by atoms with E-state index >= 15 is 0 Å². The van der Waals surface area contributed by atoms with Gasteiger partial charge in [0.25, 0.3) is 0 Å². The molecule has 6 heteroatoms. The smallest absolute Gasteiger partial charge is 0.426 e. The molecule has 29 heavy (non-hydrogen) atoms. The SMILES string of the molecule is Cc1ccc(/C=C/c2ccc(C(F)(F)Oc3ccc(C)c(F)c3F)c(F)c2)cc1. The third kappa shape index (κ3) is 4.65. The highest BCUT2D eigenvalue weighted by Gasteiger charge is 2.38. The molecule has 0 saturated carbocycles. The van der Waals surface area contributed by atoms with Crippen molar-refractivity contribution in [3.63, 3.8) is 0 Å². The maximum absolute atomic E-state index is 14.4. The molecule has 0 unspecified atom stereocenters. The second kappa shape index (κ2) is 8.07. The van der Waals surface area contributed by atoms with Crippen LogP contribution in [0.4, 0.5) is 22.0 Å². The van der Waals surface area contributed by atoms with Crippen LogP contribution in [0.15, 0.2) is 54.6 Å². The Balaban J connectivity index is 1.83. The van der Waals surface area contributed by atoms with Gasteiger partial charge in [0.15, 0.2) is 11.6 Å². The van der Waals surface area contributed by atoms with Crippen molar-refractivity contribution in [1.29, 1.82) is 0 Å². The van der Waals surface area contributed by atoms with Crippen molar-refractivity contribution in [1.82, 2.24) is 0 Å². The average Bonchev–Trinajstić information content (AvgIpc) is 2.68. The molecular formula is C23H17F5O. The molecule has 0 amide bonds. The molecule has 0 heterocycles. The van der Waals surface area contributed by atoms with Gasteiger partial charge in [0.05, 0.1) is 5.56 Å². The summed E-state index contributed by atoms with van der Waals surface area (Å²) in [5.74, 6) is -5.08. The fraction of sp³-hybridized carbons (Fsp3) is 0.130. The maximum atomic E-state index is 14.4. The number of hydrogen-bond donors (Lipinski definition) is 0. The summed E-state index contributed by atoms with van der Waals surface area (Å²) in [6.45, 7) is 3.23. The number of halogens is 5. The van der Waals surface area contributed by atoms with Crippen molar-refractivity contribution in [2.75, 3.05) is 0 Å². The first-order valence-corrected chi connectivity index (χ1v) is 8.73. The van der Waals surface area contributed by atoms with E-state index in [-0.39, 0.29) is 5.56 Å². The monoisotopic (exact) mass is 404 g/mol. The molecule has 3 aromatic carbocycles. The number of benzene rings is 3. The average molecular weight is 404 g/mol. The van der Waals surface area contributed by atoms with Gasteiger partial charge in [-0.15, -0.1) is 0 Å². The Morgan fingerprint density at radius 3 is 2.03 bits per heavy atom. The Bertz CT molecular complexity index is 1060. The van der Waals surface area contributed by atoms with Gasteiger partial charge in [-0.3, -0.25) is 0 Å². The van der Waals surface area contributed by atoms with Crippen molar-refractivity contribution >= 4 is 12.2 Å². The highest BCUT2D eigenvalue weighted by molar-refractivity contribution is 5.69. The lowest BCUT2D eigenvalue weighted by molar-refractivity contribution is -0.189. The zero-order valence-corrected chi connectivity index (χ0v) is 15.6. The Morgan fingerprint density at radius 1 is 0.759 bits per heavy atom. The van der Waals surface area contributed by atoms with Crippen LogP contribution in [0.5, 0.6) is 5.75 Å². The summed E-state index contributed by atoms with van der Waals surface area (Å²) in [5.41, 5.74) is 1.17. The number of aryl methyl sites for hydroxylation is 2. The summed E-state index contributed by atoms with van der Waals surface area (Å²) in [6, 6.07) is 12.6. The van der Waals surface area contributed by atoms with Crippen molar-refractivity contribution < 1.29 is 26.7 Å². The molecule has 1 nitrogen and oxygen atoms in total. The summed E-state index contributed by atoms with van der Waals surface area (Å²) in [7, 11) is 0. The van der Waals surface area contributed by atoms with E-state index in [2.05, 4.69) is 4.74 Å². The molecular weight excluding hydrogens is 387 g/mol. The van der Waals surface area contributed by atoms with Gasteiger partial charge in [-0.25, -0.2) is 8.78 Å². The highest BCUT2D eigenvalue weighted by atomic mass is 19.3. The Kier molecular flexibility index (Phi) is 5.73. The minimum absolute atomic E-state index is 0.0611. The number of ether oxygens (including phenoxy) is 1. The van der Waals surface area contributed by atoms with Gasteiger partial charge in [0.2, 0.25) is 5.82 Å². The number of hydrogen-bond acceptors (Lipinski definition) is 1. The molecule has 0 aliphatic carbocycles. The standard InChI is InChI=1S/C23H17F5O/c1-14-3-6-16(7-4-14)8-9-17-10-11-18(19(24)13-17)23(27,28)29-20-12-5-15(2)21(25)22(20)26/h3-13H,1-2H3/b9-8+. The topological polar surface area (TPSA) is 9.23 Å². The quantitative estimate of drug-likeness (QED) is 0.328. The van der Waals surface area contributed by atoms with E-state index in [1.54, 1.807) is 12.2 Å². The molecule has 150 valence electrons. The summed E-state index contributed by atoms with van der Waals surface area (Å²) in [5, 5.41) is 0. The second-order valence-corrected chi connectivity index (χ2v) is 6.61. The van der Waals surface area contributed by atoms with Crippen molar-refractivity contribution in [2.45, 2.75) is 20.0 Å². The fourth-order valence-electron chi connectivity index (χ4n) is 2.64. The van der Waals surface area contributed by atoms with E-state index < -0.39 is 34.9 Å². The van der Waals surface area contributed by atoms with Gasteiger partial charge < -0.3 is 4.74 Å².